The highest BCUT2D eigenvalue weighted by Crippen LogP contribution is 2.28. The standard InChI is InChI=1S/C16H27N3/c1-12(2)17-10-15-8-9-16(18-13(15)3)19(4)11-14-6-5-7-14/h8-9,12,14,17H,5-7,10-11H2,1-4H3. The van der Waals surface area contributed by atoms with Gasteiger partial charge in [0.05, 0.1) is 0 Å². The molecule has 1 aliphatic carbocycles. The number of nitrogens with zero attached hydrogens (tertiary/aromatic N) is 2. The SMILES string of the molecule is Cc1nc(N(C)CC2CCC2)ccc1CNC(C)C. The molecular formula is C16H27N3. The largest absolute Gasteiger partial charge is 0.359 e. The lowest BCUT2D eigenvalue weighted by Crippen LogP contribution is -2.30. The Kier molecular flexibility index (Phi) is 4.81. The second-order valence-corrected chi connectivity index (χ2v) is 6.13. The van der Waals surface area contributed by atoms with E-state index in [2.05, 4.69) is 50.2 Å². The molecule has 1 fully saturated rings. The molecule has 1 N–H and O–H groups in total. The van der Waals surface area contributed by atoms with E-state index in [-0.39, 0.29) is 0 Å². The number of pyridine rings is 1. The van der Waals surface area contributed by atoms with Gasteiger partial charge in [-0.1, -0.05) is 26.3 Å². The summed E-state index contributed by atoms with van der Waals surface area (Å²) in [6.07, 6.45) is 4.18. The van der Waals surface area contributed by atoms with Crippen molar-refractivity contribution in [1.82, 2.24) is 10.3 Å². The van der Waals surface area contributed by atoms with Gasteiger partial charge in [-0.3, -0.25) is 0 Å². The van der Waals surface area contributed by atoms with E-state index < -0.39 is 0 Å². The third-order valence-electron chi connectivity index (χ3n) is 4.03. The Morgan fingerprint density at radius 1 is 1.37 bits per heavy atom. The van der Waals surface area contributed by atoms with Crippen LogP contribution in [0.15, 0.2) is 12.1 Å². The molecule has 3 heteroatoms. The minimum absolute atomic E-state index is 0.514. The maximum atomic E-state index is 4.75. The summed E-state index contributed by atoms with van der Waals surface area (Å²) in [5, 5.41) is 3.45. The van der Waals surface area contributed by atoms with Crippen LogP contribution >= 0.6 is 0 Å². The van der Waals surface area contributed by atoms with E-state index in [1.54, 1.807) is 0 Å². The minimum atomic E-state index is 0.514. The molecule has 3 nitrogen and oxygen atoms in total. The molecule has 0 unspecified atom stereocenters. The minimum Gasteiger partial charge on any atom is -0.359 e. The molecule has 106 valence electrons. The molecule has 0 radical (unpaired) electrons. The Morgan fingerprint density at radius 2 is 2.11 bits per heavy atom. The van der Waals surface area contributed by atoms with Crippen LogP contribution in [0.4, 0.5) is 5.82 Å². The Labute approximate surface area is 117 Å². The fraction of sp³-hybridized carbons (Fsp3) is 0.688. The monoisotopic (exact) mass is 261 g/mol. The highest BCUT2D eigenvalue weighted by Gasteiger charge is 2.19. The zero-order valence-corrected chi connectivity index (χ0v) is 12.7. The van der Waals surface area contributed by atoms with E-state index in [0.717, 1.165) is 30.5 Å². The normalized spacial score (nSPS) is 15.6. The third kappa shape index (κ3) is 3.93. The summed E-state index contributed by atoms with van der Waals surface area (Å²) in [4.78, 5) is 7.05. The number of nitrogens with one attached hydrogen (secondary N) is 1. The van der Waals surface area contributed by atoms with Gasteiger partial charge in [-0.15, -0.1) is 0 Å². The van der Waals surface area contributed by atoms with Gasteiger partial charge in [0.2, 0.25) is 0 Å². The molecular weight excluding hydrogens is 234 g/mol. The molecule has 1 aliphatic rings. The van der Waals surface area contributed by atoms with Gasteiger partial charge in [0.25, 0.3) is 0 Å². The second kappa shape index (κ2) is 6.38. The first-order chi connectivity index (χ1) is 9.06. The molecule has 1 aromatic rings. The molecule has 0 amide bonds. The zero-order valence-electron chi connectivity index (χ0n) is 12.7. The predicted molar refractivity (Wildman–Crippen MR) is 81.6 cm³/mol. The van der Waals surface area contributed by atoms with Crippen molar-refractivity contribution in [3.63, 3.8) is 0 Å². The number of aromatic nitrogens is 1. The molecule has 0 aromatic carbocycles. The fourth-order valence-electron chi connectivity index (χ4n) is 2.45. The van der Waals surface area contributed by atoms with Crippen LogP contribution in [0.5, 0.6) is 0 Å². The van der Waals surface area contributed by atoms with Crippen LogP contribution in [0.3, 0.4) is 0 Å². The molecule has 1 heterocycles. The molecule has 0 saturated heterocycles. The van der Waals surface area contributed by atoms with Crippen LogP contribution in [0.25, 0.3) is 0 Å². The van der Waals surface area contributed by atoms with Crippen molar-refractivity contribution in [3.8, 4) is 0 Å². The summed E-state index contributed by atoms with van der Waals surface area (Å²) in [5.74, 6) is 1.99. The summed E-state index contributed by atoms with van der Waals surface area (Å²) < 4.78 is 0. The lowest BCUT2D eigenvalue weighted by atomic mass is 9.85. The molecule has 0 bridgehead atoms. The number of hydrogen-bond donors (Lipinski definition) is 1. The van der Waals surface area contributed by atoms with Crippen molar-refractivity contribution < 1.29 is 0 Å². The summed E-state index contributed by atoms with van der Waals surface area (Å²) in [5.41, 5.74) is 2.45. The van der Waals surface area contributed by atoms with Crippen LogP contribution < -0.4 is 10.2 Å². The van der Waals surface area contributed by atoms with Crippen LogP contribution in [0.1, 0.15) is 44.4 Å². The van der Waals surface area contributed by atoms with Crippen molar-refractivity contribution in [2.45, 2.75) is 52.6 Å². The molecule has 0 aliphatic heterocycles. The predicted octanol–water partition coefficient (Wildman–Crippen LogP) is 3.12. The van der Waals surface area contributed by atoms with Gasteiger partial charge in [-0.05, 0) is 37.3 Å². The Morgan fingerprint density at radius 3 is 2.63 bits per heavy atom. The fourth-order valence-corrected chi connectivity index (χ4v) is 2.45. The lowest BCUT2D eigenvalue weighted by Gasteiger charge is -2.31. The first kappa shape index (κ1) is 14.3. The number of anilines is 1. The molecule has 0 atom stereocenters. The Hall–Kier alpha value is -1.09. The van der Waals surface area contributed by atoms with Gasteiger partial charge in [0.15, 0.2) is 0 Å². The van der Waals surface area contributed by atoms with Crippen LogP contribution in [-0.2, 0) is 6.54 Å². The second-order valence-electron chi connectivity index (χ2n) is 6.13. The molecule has 1 saturated carbocycles. The Balaban J connectivity index is 1.96. The average Bonchev–Trinajstić information content (AvgIpc) is 2.31. The Bertz CT molecular complexity index is 410. The maximum absolute atomic E-state index is 4.75. The molecule has 2 rings (SSSR count). The van der Waals surface area contributed by atoms with Crippen LogP contribution in [0, 0.1) is 12.8 Å². The van der Waals surface area contributed by atoms with E-state index in [4.69, 9.17) is 4.98 Å². The topological polar surface area (TPSA) is 28.2 Å². The summed E-state index contributed by atoms with van der Waals surface area (Å²) >= 11 is 0. The number of hydrogen-bond acceptors (Lipinski definition) is 3. The lowest BCUT2D eigenvalue weighted by molar-refractivity contribution is 0.321. The van der Waals surface area contributed by atoms with Gasteiger partial charge in [0, 0.05) is 31.9 Å². The van der Waals surface area contributed by atoms with Crippen molar-refractivity contribution in [1.29, 1.82) is 0 Å². The molecule has 0 spiro atoms. The third-order valence-corrected chi connectivity index (χ3v) is 4.03. The average molecular weight is 261 g/mol. The van der Waals surface area contributed by atoms with Crippen molar-refractivity contribution in [2.24, 2.45) is 5.92 Å². The van der Waals surface area contributed by atoms with Gasteiger partial charge >= 0.3 is 0 Å². The van der Waals surface area contributed by atoms with Crippen LogP contribution in [-0.4, -0.2) is 24.6 Å². The van der Waals surface area contributed by atoms with E-state index in [9.17, 15) is 0 Å². The highest BCUT2D eigenvalue weighted by molar-refractivity contribution is 5.41. The van der Waals surface area contributed by atoms with Gasteiger partial charge in [-0.2, -0.15) is 0 Å². The number of aryl methyl sites for hydroxylation is 1. The first-order valence-electron chi connectivity index (χ1n) is 7.47. The highest BCUT2D eigenvalue weighted by atomic mass is 15.2. The van der Waals surface area contributed by atoms with E-state index in [0.29, 0.717) is 6.04 Å². The van der Waals surface area contributed by atoms with Gasteiger partial charge < -0.3 is 10.2 Å². The van der Waals surface area contributed by atoms with E-state index >= 15 is 0 Å². The van der Waals surface area contributed by atoms with E-state index in [1.165, 1.54) is 24.8 Å². The summed E-state index contributed by atoms with van der Waals surface area (Å²) in [6.45, 7) is 8.50. The quantitative estimate of drug-likeness (QED) is 0.853. The van der Waals surface area contributed by atoms with Gasteiger partial charge in [0.1, 0.15) is 5.82 Å². The molecule has 1 aromatic heterocycles. The van der Waals surface area contributed by atoms with Crippen molar-refractivity contribution in [3.05, 3.63) is 23.4 Å². The van der Waals surface area contributed by atoms with E-state index in [1.807, 2.05) is 0 Å². The van der Waals surface area contributed by atoms with Crippen LogP contribution in [0.2, 0.25) is 0 Å². The zero-order chi connectivity index (χ0) is 13.8. The first-order valence-corrected chi connectivity index (χ1v) is 7.47. The number of rotatable bonds is 6. The summed E-state index contributed by atoms with van der Waals surface area (Å²) in [7, 11) is 2.16. The van der Waals surface area contributed by atoms with Gasteiger partial charge in [-0.25, -0.2) is 4.98 Å². The molecule has 19 heavy (non-hydrogen) atoms. The smallest absolute Gasteiger partial charge is 0.128 e. The maximum Gasteiger partial charge on any atom is 0.128 e. The van der Waals surface area contributed by atoms with Crippen molar-refractivity contribution in [2.75, 3.05) is 18.5 Å². The van der Waals surface area contributed by atoms with Crippen molar-refractivity contribution >= 4 is 5.82 Å². The summed E-state index contributed by atoms with van der Waals surface area (Å²) in [6, 6.07) is 4.88.